The van der Waals surface area contributed by atoms with Crippen LogP contribution in [0.3, 0.4) is 0 Å². The second-order valence-electron chi connectivity index (χ2n) is 5.28. The number of carbonyl (C=O) groups excluding carboxylic acids is 2. The first-order chi connectivity index (χ1) is 12.2. The molecule has 2 aromatic rings. The van der Waals surface area contributed by atoms with E-state index in [1.54, 1.807) is 6.92 Å². The molecular weight excluding hydrogens is 385 g/mol. The van der Waals surface area contributed by atoms with E-state index in [2.05, 4.69) is 10.3 Å². The number of nitro benzene ring substituents is 1. The molecule has 1 atom stereocenters. The number of halogens is 2. The van der Waals surface area contributed by atoms with Crippen molar-refractivity contribution in [1.29, 1.82) is 0 Å². The summed E-state index contributed by atoms with van der Waals surface area (Å²) >= 11 is 11.6. The third kappa shape index (κ3) is 4.68. The quantitative estimate of drug-likeness (QED) is 0.466. The lowest BCUT2D eigenvalue weighted by molar-refractivity contribution is -0.385. The normalized spacial score (nSPS) is 11.5. The van der Waals surface area contributed by atoms with Gasteiger partial charge in [0, 0.05) is 17.8 Å². The Balaban J connectivity index is 2.07. The van der Waals surface area contributed by atoms with Crippen LogP contribution in [-0.2, 0) is 9.53 Å². The third-order valence-electron chi connectivity index (χ3n) is 3.34. The predicted molar refractivity (Wildman–Crippen MR) is 95.6 cm³/mol. The number of esters is 1. The number of hydrogen-bond acceptors (Lipinski definition) is 6. The molecule has 1 N–H and O–H groups in total. The van der Waals surface area contributed by atoms with Crippen LogP contribution in [0, 0.1) is 17.0 Å². The van der Waals surface area contributed by atoms with E-state index < -0.39 is 22.9 Å². The summed E-state index contributed by atoms with van der Waals surface area (Å²) in [5.41, 5.74) is 0.152. The maximum Gasteiger partial charge on any atom is 0.339 e. The SMILES string of the molecule is Cc1ccc(C(=O)O[C@H](C)C(=O)Nc2ncc(Cl)cc2Cl)cc1[N+](=O)[O-]. The van der Waals surface area contributed by atoms with Crippen molar-refractivity contribution in [2.24, 2.45) is 0 Å². The zero-order chi connectivity index (χ0) is 19.4. The number of ether oxygens (including phenoxy) is 1. The van der Waals surface area contributed by atoms with Crippen LogP contribution in [0.4, 0.5) is 11.5 Å². The van der Waals surface area contributed by atoms with E-state index >= 15 is 0 Å². The fourth-order valence-corrected chi connectivity index (χ4v) is 2.37. The number of carbonyl (C=O) groups is 2. The van der Waals surface area contributed by atoms with Crippen molar-refractivity contribution in [3.8, 4) is 0 Å². The first-order valence-electron chi connectivity index (χ1n) is 7.27. The van der Waals surface area contributed by atoms with Gasteiger partial charge in [-0.05, 0) is 26.0 Å². The average molecular weight is 398 g/mol. The molecule has 0 fully saturated rings. The van der Waals surface area contributed by atoms with E-state index in [4.69, 9.17) is 27.9 Å². The molecule has 8 nitrogen and oxygen atoms in total. The molecule has 0 spiro atoms. The number of pyridine rings is 1. The number of aromatic nitrogens is 1. The molecule has 2 rings (SSSR count). The van der Waals surface area contributed by atoms with E-state index in [0.717, 1.165) is 6.07 Å². The van der Waals surface area contributed by atoms with Gasteiger partial charge < -0.3 is 10.1 Å². The highest BCUT2D eigenvalue weighted by atomic mass is 35.5. The Morgan fingerprint density at radius 3 is 2.62 bits per heavy atom. The first kappa shape index (κ1) is 19.6. The summed E-state index contributed by atoms with van der Waals surface area (Å²) in [5.74, 6) is -1.47. The van der Waals surface area contributed by atoms with Gasteiger partial charge in [-0.1, -0.05) is 29.3 Å². The minimum absolute atomic E-state index is 0.0374. The topological polar surface area (TPSA) is 111 Å². The van der Waals surface area contributed by atoms with Crippen molar-refractivity contribution < 1.29 is 19.2 Å². The Bertz CT molecular complexity index is 888. The molecular formula is C16H13Cl2N3O5. The number of nitrogens with one attached hydrogen (secondary N) is 1. The number of nitrogens with zero attached hydrogens (tertiary/aromatic N) is 2. The van der Waals surface area contributed by atoms with Crippen LogP contribution in [0.1, 0.15) is 22.8 Å². The fraction of sp³-hybridized carbons (Fsp3) is 0.188. The van der Waals surface area contributed by atoms with E-state index in [9.17, 15) is 19.7 Å². The lowest BCUT2D eigenvalue weighted by atomic mass is 10.1. The van der Waals surface area contributed by atoms with E-state index in [-0.39, 0.29) is 22.1 Å². The van der Waals surface area contributed by atoms with Gasteiger partial charge in [0.05, 0.1) is 20.5 Å². The molecule has 0 bridgehead atoms. The zero-order valence-corrected chi connectivity index (χ0v) is 15.2. The Hall–Kier alpha value is -2.71. The van der Waals surface area contributed by atoms with Gasteiger partial charge in [-0.25, -0.2) is 9.78 Å². The van der Waals surface area contributed by atoms with Gasteiger partial charge in [0.2, 0.25) is 0 Å². The van der Waals surface area contributed by atoms with Gasteiger partial charge in [-0.3, -0.25) is 14.9 Å². The van der Waals surface area contributed by atoms with Crippen molar-refractivity contribution >= 4 is 46.6 Å². The van der Waals surface area contributed by atoms with Crippen LogP contribution >= 0.6 is 23.2 Å². The van der Waals surface area contributed by atoms with Crippen molar-refractivity contribution in [2.75, 3.05) is 5.32 Å². The van der Waals surface area contributed by atoms with Crippen LogP contribution in [0.15, 0.2) is 30.5 Å². The smallest absolute Gasteiger partial charge is 0.339 e. The highest BCUT2D eigenvalue weighted by Crippen LogP contribution is 2.23. The highest BCUT2D eigenvalue weighted by molar-refractivity contribution is 6.36. The van der Waals surface area contributed by atoms with Crippen molar-refractivity contribution in [1.82, 2.24) is 4.98 Å². The molecule has 1 amide bonds. The number of nitro groups is 1. The van der Waals surface area contributed by atoms with E-state index in [1.165, 1.54) is 31.3 Å². The number of anilines is 1. The minimum atomic E-state index is -1.18. The molecule has 1 aromatic heterocycles. The number of hydrogen-bond donors (Lipinski definition) is 1. The standard InChI is InChI=1S/C16H13Cl2N3O5/c1-8-3-4-10(5-13(8)21(24)25)16(23)26-9(2)15(22)20-14-12(18)6-11(17)7-19-14/h3-7,9H,1-2H3,(H,19,20,22)/t9-/m1/s1. The number of benzene rings is 1. The Morgan fingerprint density at radius 1 is 1.31 bits per heavy atom. The van der Waals surface area contributed by atoms with Crippen LogP contribution in [0.25, 0.3) is 0 Å². The van der Waals surface area contributed by atoms with Crippen LogP contribution in [0.2, 0.25) is 10.0 Å². The highest BCUT2D eigenvalue weighted by Gasteiger charge is 2.22. The molecule has 0 saturated carbocycles. The van der Waals surface area contributed by atoms with Crippen molar-refractivity contribution in [3.63, 3.8) is 0 Å². The van der Waals surface area contributed by atoms with Crippen molar-refractivity contribution in [3.05, 3.63) is 61.7 Å². The molecule has 0 saturated heterocycles. The lowest BCUT2D eigenvalue weighted by Crippen LogP contribution is -2.30. The molecule has 26 heavy (non-hydrogen) atoms. The van der Waals surface area contributed by atoms with Gasteiger partial charge in [0.25, 0.3) is 11.6 Å². The second-order valence-corrected chi connectivity index (χ2v) is 6.12. The van der Waals surface area contributed by atoms with Gasteiger partial charge in [0.15, 0.2) is 11.9 Å². The summed E-state index contributed by atoms with van der Waals surface area (Å²) in [7, 11) is 0. The molecule has 0 aliphatic carbocycles. The molecule has 136 valence electrons. The van der Waals surface area contributed by atoms with Gasteiger partial charge in [-0.15, -0.1) is 0 Å². The Kier molecular flexibility index (Phi) is 6.12. The maximum atomic E-state index is 12.1. The summed E-state index contributed by atoms with van der Waals surface area (Å²) in [4.78, 5) is 38.5. The molecule has 10 heteroatoms. The van der Waals surface area contributed by atoms with Gasteiger partial charge in [0.1, 0.15) is 0 Å². The molecule has 1 heterocycles. The summed E-state index contributed by atoms with van der Waals surface area (Å²) < 4.78 is 5.04. The summed E-state index contributed by atoms with van der Waals surface area (Å²) in [6, 6.07) is 5.30. The molecule has 0 unspecified atom stereocenters. The number of rotatable bonds is 5. The largest absolute Gasteiger partial charge is 0.449 e. The first-order valence-corrected chi connectivity index (χ1v) is 8.02. The minimum Gasteiger partial charge on any atom is -0.449 e. The summed E-state index contributed by atoms with van der Waals surface area (Å²) in [5, 5.41) is 13.8. The monoisotopic (exact) mass is 397 g/mol. The third-order valence-corrected chi connectivity index (χ3v) is 3.84. The average Bonchev–Trinajstić information content (AvgIpc) is 2.57. The second kappa shape index (κ2) is 8.11. The van der Waals surface area contributed by atoms with E-state index in [0.29, 0.717) is 10.6 Å². The van der Waals surface area contributed by atoms with Crippen molar-refractivity contribution in [2.45, 2.75) is 20.0 Å². The Morgan fingerprint density at radius 2 is 2.00 bits per heavy atom. The predicted octanol–water partition coefficient (Wildman–Crippen LogP) is 3.79. The summed E-state index contributed by atoms with van der Waals surface area (Å²) in [6.07, 6.45) is 0.113. The van der Waals surface area contributed by atoms with E-state index in [1.807, 2.05) is 0 Å². The lowest BCUT2D eigenvalue weighted by Gasteiger charge is -2.14. The molecule has 0 radical (unpaired) electrons. The molecule has 0 aliphatic heterocycles. The Labute approximate surface area is 158 Å². The fourth-order valence-electron chi connectivity index (χ4n) is 1.94. The zero-order valence-electron chi connectivity index (χ0n) is 13.7. The van der Waals surface area contributed by atoms with Crippen LogP contribution in [0.5, 0.6) is 0 Å². The molecule has 1 aromatic carbocycles. The van der Waals surface area contributed by atoms with Gasteiger partial charge >= 0.3 is 5.97 Å². The summed E-state index contributed by atoms with van der Waals surface area (Å²) in [6.45, 7) is 2.89. The van der Waals surface area contributed by atoms with Gasteiger partial charge in [-0.2, -0.15) is 0 Å². The maximum absolute atomic E-state index is 12.1. The molecule has 0 aliphatic rings. The number of amides is 1. The number of aryl methyl sites for hydroxylation is 1. The van der Waals surface area contributed by atoms with Crippen LogP contribution in [-0.4, -0.2) is 27.9 Å². The van der Waals surface area contributed by atoms with Crippen LogP contribution < -0.4 is 5.32 Å².